The molecule has 8 heteroatoms. The maximum absolute atomic E-state index is 12.9. The van der Waals surface area contributed by atoms with Crippen LogP contribution in [0.3, 0.4) is 0 Å². The standard InChI is InChI=1S/C21H17N3O4S/c1-2-28-14-8-6-13(7-9-14)18(25)16-17(15-5-3-12-29-15)24(20(27)19(16)26)21-22-10-4-11-23-21/h3-12,17,25H,2H2,1H3/b18-16-. The quantitative estimate of drug-likeness (QED) is 0.395. The second-order valence-electron chi connectivity index (χ2n) is 6.19. The molecule has 1 unspecified atom stereocenters. The molecule has 146 valence electrons. The maximum Gasteiger partial charge on any atom is 0.302 e. The Morgan fingerprint density at radius 3 is 2.48 bits per heavy atom. The zero-order valence-corrected chi connectivity index (χ0v) is 16.3. The zero-order valence-electron chi connectivity index (χ0n) is 15.5. The average molecular weight is 407 g/mol. The predicted octanol–water partition coefficient (Wildman–Crippen LogP) is 3.56. The highest BCUT2D eigenvalue weighted by Gasteiger charge is 2.48. The van der Waals surface area contributed by atoms with Crippen LogP contribution in [-0.4, -0.2) is 33.4 Å². The van der Waals surface area contributed by atoms with Crippen molar-refractivity contribution in [1.82, 2.24) is 9.97 Å². The van der Waals surface area contributed by atoms with E-state index < -0.39 is 17.7 Å². The third-order valence-corrected chi connectivity index (χ3v) is 5.39. The van der Waals surface area contributed by atoms with E-state index in [1.165, 1.54) is 28.6 Å². The first kappa shape index (κ1) is 18.8. The van der Waals surface area contributed by atoms with Crippen molar-refractivity contribution in [3.8, 4) is 5.75 Å². The van der Waals surface area contributed by atoms with Gasteiger partial charge in [0.1, 0.15) is 17.6 Å². The summed E-state index contributed by atoms with van der Waals surface area (Å²) in [6, 6.07) is 11.2. The molecule has 0 bridgehead atoms. The fourth-order valence-electron chi connectivity index (χ4n) is 3.20. The van der Waals surface area contributed by atoms with Crippen LogP contribution in [0.2, 0.25) is 0 Å². The number of ketones is 1. The van der Waals surface area contributed by atoms with Crippen LogP contribution in [0.5, 0.6) is 5.75 Å². The van der Waals surface area contributed by atoms with Gasteiger partial charge in [-0.2, -0.15) is 0 Å². The zero-order chi connectivity index (χ0) is 20.4. The third-order valence-electron chi connectivity index (χ3n) is 4.46. The fourth-order valence-corrected chi connectivity index (χ4v) is 4.03. The van der Waals surface area contributed by atoms with Crippen LogP contribution in [0, 0.1) is 0 Å². The number of hydrogen-bond acceptors (Lipinski definition) is 7. The number of aliphatic hydroxyl groups excluding tert-OH is 1. The maximum atomic E-state index is 12.9. The van der Waals surface area contributed by atoms with Crippen LogP contribution in [0.4, 0.5) is 5.95 Å². The van der Waals surface area contributed by atoms with Crippen molar-refractivity contribution < 1.29 is 19.4 Å². The topological polar surface area (TPSA) is 92.6 Å². The van der Waals surface area contributed by atoms with Crippen molar-refractivity contribution in [2.24, 2.45) is 0 Å². The molecule has 1 aliphatic heterocycles. The van der Waals surface area contributed by atoms with Gasteiger partial charge >= 0.3 is 5.91 Å². The van der Waals surface area contributed by atoms with Gasteiger partial charge in [-0.3, -0.25) is 14.5 Å². The van der Waals surface area contributed by atoms with E-state index in [1.807, 2.05) is 24.4 Å². The first-order valence-corrected chi connectivity index (χ1v) is 9.84. The number of carbonyl (C=O) groups is 2. The van der Waals surface area contributed by atoms with E-state index >= 15 is 0 Å². The van der Waals surface area contributed by atoms with Crippen molar-refractivity contribution in [2.45, 2.75) is 13.0 Å². The van der Waals surface area contributed by atoms with Crippen LogP contribution in [0.1, 0.15) is 23.4 Å². The highest BCUT2D eigenvalue weighted by molar-refractivity contribution is 7.10. The monoisotopic (exact) mass is 407 g/mol. The van der Waals surface area contributed by atoms with Crippen molar-refractivity contribution in [1.29, 1.82) is 0 Å². The summed E-state index contributed by atoms with van der Waals surface area (Å²) in [7, 11) is 0. The smallest absolute Gasteiger partial charge is 0.302 e. The number of anilines is 1. The minimum Gasteiger partial charge on any atom is -0.507 e. The summed E-state index contributed by atoms with van der Waals surface area (Å²) in [5, 5.41) is 12.8. The number of ether oxygens (including phenoxy) is 1. The molecular weight excluding hydrogens is 390 g/mol. The molecule has 0 saturated carbocycles. The average Bonchev–Trinajstić information content (AvgIpc) is 3.36. The molecular formula is C21H17N3O4S. The second kappa shape index (κ2) is 7.84. The van der Waals surface area contributed by atoms with Gasteiger partial charge in [0.2, 0.25) is 5.95 Å². The lowest BCUT2D eigenvalue weighted by Gasteiger charge is -2.21. The summed E-state index contributed by atoms with van der Waals surface area (Å²) >= 11 is 1.38. The summed E-state index contributed by atoms with van der Waals surface area (Å²) < 4.78 is 5.42. The molecule has 3 heterocycles. The number of hydrogen-bond donors (Lipinski definition) is 1. The molecule has 1 saturated heterocycles. The molecule has 4 rings (SSSR count). The predicted molar refractivity (Wildman–Crippen MR) is 109 cm³/mol. The van der Waals surface area contributed by atoms with Crippen LogP contribution in [0.15, 0.2) is 65.8 Å². The molecule has 0 aliphatic carbocycles. The first-order valence-electron chi connectivity index (χ1n) is 8.96. The minimum absolute atomic E-state index is 0.00839. The summed E-state index contributed by atoms with van der Waals surface area (Å²) in [6.07, 6.45) is 3.00. The Morgan fingerprint density at radius 1 is 1.14 bits per heavy atom. The van der Waals surface area contributed by atoms with Gasteiger partial charge in [-0.15, -0.1) is 11.3 Å². The molecule has 0 spiro atoms. The molecule has 7 nitrogen and oxygen atoms in total. The van der Waals surface area contributed by atoms with Gasteiger partial charge in [-0.1, -0.05) is 6.07 Å². The number of aliphatic hydroxyl groups is 1. The molecule has 1 fully saturated rings. The highest BCUT2D eigenvalue weighted by Crippen LogP contribution is 2.42. The Morgan fingerprint density at radius 2 is 1.86 bits per heavy atom. The number of nitrogens with zero attached hydrogens (tertiary/aromatic N) is 3. The molecule has 1 N–H and O–H groups in total. The Hall–Kier alpha value is -3.52. The molecule has 2 aromatic heterocycles. The summed E-state index contributed by atoms with van der Waals surface area (Å²) in [4.78, 5) is 35.9. The number of Topliss-reactive ketones (excluding diaryl/α,β-unsaturated/α-hetero) is 1. The molecule has 1 aliphatic rings. The largest absolute Gasteiger partial charge is 0.507 e. The van der Waals surface area contributed by atoms with Gasteiger partial charge in [-0.05, 0) is 48.7 Å². The molecule has 1 atom stereocenters. The Bertz CT molecular complexity index is 1060. The number of amides is 1. The van der Waals surface area contributed by atoms with Crippen LogP contribution >= 0.6 is 11.3 Å². The van der Waals surface area contributed by atoms with Crippen molar-refractivity contribution in [2.75, 3.05) is 11.5 Å². The van der Waals surface area contributed by atoms with Gasteiger partial charge in [0.05, 0.1) is 12.2 Å². The molecule has 3 aromatic rings. The van der Waals surface area contributed by atoms with Gasteiger partial charge < -0.3 is 9.84 Å². The van der Waals surface area contributed by atoms with E-state index in [1.54, 1.807) is 30.3 Å². The number of thiophene rings is 1. The van der Waals surface area contributed by atoms with E-state index in [0.29, 0.717) is 17.9 Å². The summed E-state index contributed by atoms with van der Waals surface area (Å²) in [6.45, 7) is 2.40. The lowest BCUT2D eigenvalue weighted by atomic mass is 10.00. The van der Waals surface area contributed by atoms with E-state index in [-0.39, 0.29) is 17.3 Å². The Labute approximate surface area is 170 Å². The van der Waals surface area contributed by atoms with Crippen LogP contribution in [-0.2, 0) is 9.59 Å². The SMILES string of the molecule is CCOc1ccc(/C(O)=C2/C(=O)C(=O)N(c3ncccn3)C2c2cccs2)cc1. The van der Waals surface area contributed by atoms with Gasteiger partial charge in [0.25, 0.3) is 5.78 Å². The molecule has 1 aromatic carbocycles. The van der Waals surface area contributed by atoms with E-state index in [9.17, 15) is 14.7 Å². The summed E-state index contributed by atoms with van der Waals surface area (Å²) in [5.74, 6) is -1.04. The third kappa shape index (κ3) is 3.38. The van der Waals surface area contributed by atoms with E-state index in [2.05, 4.69) is 9.97 Å². The number of aromatic nitrogens is 2. The van der Waals surface area contributed by atoms with Crippen molar-refractivity contribution in [3.63, 3.8) is 0 Å². The number of rotatable bonds is 5. The first-order chi connectivity index (χ1) is 14.1. The highest BCUT2D eigenvalue weighted by atomic mass is 32.1. The van der Waals surface area contributed by atoms with Crippen LogP contribution in [0.25, 0.3) is 5.76 Å². The van der Waals surface area contributed by atoms with Gasteiger partial charge in [-0.25, -0.2) is 9.97 Å². The van der Waals surface area contributed by atoms with Crippen molar-refractivity contribution in [3.05, 3.63) is 76.3 Å². The molecule has 29 heavy (non-hydrogen) atoms. The summed E-state index contributed by atoms with van der Waals surface area (Å²) in [5.41, 5.74) is 0.427. The number of benzene rings is 1. The van der Waals surface area contributed by atoms with Gasteiger partial charge in [0, 0.05) is 22.8 Å². The van der Waals surface area contributed by atoms with E-state index in [4.69, 9.17) is 4.74 Å². The fraction of sp³-hybridized carbons (Fsp3) is 0.143. The van der Waals surface area contributed by atoms with Crippen LogP contribution < -0.4 is 9.64 Å². The lowest BCUT2D eigenvalue weighted by molar-refractivity contribution is -0.132. The second-order valence-corrected chi connectivity index (χ2v) is 7.17. The lowest BCUT2D eigenvalue weighted by Crippen LogP contribution is -2.30. The van der Waals surface area contributed by atoms with Crippen molar-refractivity contribution >= 4 is 34.7 Å². The van der Waals surface area contributed by atoms with E-state index in [0.717, 1.165) is 4.88 Å². The normalized spacial score (nSPS) is 18.2. The minimum atomic E-state index is -0.802. The molecule has 0 radical (unpaired) electrons. The Kier molecular flexibility index (Phi) is 5.09. The number of carbonyl (C=O) groups excluding carboxylic acids is 2. The molecule has 1 amide bonds. The Balaban J connectivity index is 1.85. The van der Waals surface area contributed by atoms with Gasteiger partial charge in [0.15, 0.2) is 0 Å².